The fourth-order valence-corrected chi connectivity index (χ4v) is 2.04. The Hall–Kier alpha value is -0.380. The summed E-state index contributed by atoms with van der Waals surface area (Å²) in [5.41, 5.74) is 8.68. The van der Waals surface area contributed by atoms with Crippen LogP contribution in [0.15, 0.2) is 22.7 Å². The molecule has 0 heterocycles. The summed E-state index contributed by atoms with van der Waals surface area (Å²) in [6, 6.07) is 6.44. The molecule has 84 valence electrons. The average molecular weight is 271 g/mol. The molecule has 0 saturated heterocycles. The minimum Gasteiger partial charge on any atom is -0.324 e. The maximum Gasteiger partial charge on any atom is 0.0298 e. The van der Waals surface area contributed by atoms with Gasteiger partial charge in [-0.3, -0.25) is 0 Å². The number of aryl methyl sites for hydroxylation is 1. The highest BCUT2D eigenvalue weighted by molar-refractivity contribution is 9.10. The van der Waals surface area contributed by atoms with E-state index in [-0.39, 0.29) is 6.04 Å². The molecular weight excluding hydrogens is 252 g/mol. The molecule has 3 N–H and O–H groups in total. The lowest BCUT2D eigenvalue weighted by atomic mass is 9.98. The second-order valence-electron chi connectivity index (χ2n) is 3.85. The van der Waals surface area contributed by atoms with Gasteiger partial charge >= 0.3 is 0 Å². The summed E-state index contributed by atoms with van der Waals surface area (Å²) < 4.78 is 1.10. The lowest BCUT2D eigenvalue weighted by Gasteiger charge is -2.15. The van der Waals surface area contributed by atoms with Crippen molar-refractivity contribution in [2.75, 3.05) is 13.6 Å². The number of rotatable bonds is 5. The molecule has 3 heteroatoms. The molecule has 0 radical (unpaired) electrons. The van der Waals surface area contributed by atoms with Crippen LogP contribution in [0.5, 0.6) is 0 Å². The Kier molecular flexibility index (Phi) is 5.29. The van der Waals surface area contributed by atoms with Crippen molar-refractivity contribution in [3.05, 3.63) is 33.8 Å². The summed E-state index contributed by atoms with van der Waals surface area (Å²) in [5.74, 6) is 0. The molecular formula is C12H19BrN2. The Labute approximate surface area is 100 Å². The third kappa shape index (κ3) is 3.93. The van der Waals surface area contributed by atoms with Gasteiger partial charge in [0, 0.05) is 10.5 Å². The van der Waals surface area contributed by atoms with E-state index in [9.17, 15) is 0 Å². The van der Waals surface area contributed by atoms with Crippen molar-refractivity contribution in [1.29, 1.82) is 0 Å². The highest BCUT2D eigenvalue weighted by atomic mass is 79.9. The van der Waals surface area contributed by atoms with Crippen molar-refractivity contribution in [3.63, 3.8) is 0 Å². The maximum atomic E-state index is 6.16. The predicted molar refractivity (Wildman–Crippen MR) is 69.0 cm³/mol. The molecule has 0 aromatic heterocycles. The molecule has 1 aromatic rings. The topological polar surface area (TPSA) is 38.0 Å². The SMILES string of the molecule is CNCCCC(N)c1cc(Br)ccc1C. The van der Waals surface area contributed by atoms with Gasteiger partial charge in [0.15, 0.2) is 0 Å². The van der Waals surface area contributed by atoms with Crippen LogP contribution in [0.3, 0.4) is 0 Å². The Balaban J connectivity index is 2.64. The largest absolute Gasteiger partial charge is 0.324 e. The highest BCUT2D eigenvalue weighted by Gasteiger charge is 2.08. The molecule has 2 nitrogen and oxygen atoms in total. The zero-order valence-electron chi connectivity index (χ0n) is 9.39. The second-order valence-corrected chi connectivity index (χ2v) is 4.77. The first-order valence-corrected chi connectivity index (χ1v) is 6.10. The lowest BCUT2D eigenvalue weighted by molar-refractivity contribution is 0.588. The van der Waals surface area contributed by atoms with Gasteiger partial charge < -0.3 is 11.1 Å². The predicted octanol–water partition coefficient (Wildman–Crippen LogP) is 2.76. The summed E-state index contributed by atoms with van der Waals surface area (Å²) in [7, 11) is 1.97. The van der Waals surface area contributed by atoms with Crippen LogP contribution in [0, 0.1) is 6.92 Å². The molecule has 1 aromatic carbocycles. The molecule has 0 saturated carbocycles. The monoisotopic (exact) mass is 270 g/mol. The summed E-state index contributed by atoms with van der Waals surface area (Å²) in [4.78, 5) is 0. The van der Waals surface area contributed by atoms with E-state index in [0.29, 0.717) is 0 Å². The van der Waals surface area contributed by atoms with Crippen LogP contribution in [0.1, 0.15) is 30.0 Å². The molecule has 1 atom stereocenters. The minimum absolute atomic E-state index is 0.149. The van der Waals surface area contributed by atoms with E-state index in [1.807, 2.05) is 7.05 Å². The van der Waals surface area contributed by atoms with Gasteiger partial charge in [0.25, 0.3) is 0 Å². The van der Waals surface area contributed by atoms with Gasteiger partial charge in [0.2, 0.25) is 0 Å². The molecule has 0 amide bonds. The second kappa shape index (κ2) is 6.26. The van der Waals surface area contributed by atoms with E-state index in [4.69, 9.17) is 5.73 Å². The van der Waals surface area contributed by atoms with E-state index in [1.54, 1.807) is 0 Å². The van der Waals surface area contributed by atoms with Gasteiger partial charge in [-0.05, 0) is 56.6 Å². The zero-order valence-corrected chi connectivity index (χ0v) is 11.0. The first kappa shape index (κ1) is 12.7. The van der Waals surface area contributed by atoms with Crippen LogP contribution in [0.25, 0.3) is 0 Å². The minimum atomic E-state index is 0.149. The molecule has 0 spiro atoms. The van der Waals surface area contributed by atoms with E-state index >= 15 is 0 Å². The molecule has 0 aliphatic heterocycles. The van der Waals surface area contributed by atoms with Crippen molar-refractivity contribution in [3.8, 4) is 0 Å². The Morgan fingerprint density at radius 3 is 2.87 bits per heavy atom. The number of nitrogens with one attached hydrogen (secondary N) is 1. The number of hydrogen-bond donors (Lipinski definition) is 2. The smallest absolute Gasteiger partial charge is 0.0298 e. The van der Waals surface area contributed by atoms with E-state index < -0.39 is 0 Å². The van der Waals surface area contributed by atoms with Crippen molar-refractivity contribution in [2.45, 2.75) is 25.8 Å². The van der Waals surface area contributed by atoms with Crippen LogP contribution in [-0.4, -0.2) is 13.6 Å². The van der Waals surface area contributed by atoms with Crippen LogP contribution in [0.2, 0.25) is 0 Å². The van der Waals surface area contributed by atoms with Gasteiger partial charge in [-0.2, -0.15) is 0 Å². The first-order chi connectivity index (χ1) is 7.15. The number of hydrogen-bond acceptors (Lipinski definition) is 2. The quantitative estimate of drug-likeness (QED) is 0.808. The zero-order chi connectivity index (χ0) is 11.3. The molecule has 0 fully saturated rings. The van der Waals surface area contributed by atoms with Crippen molar-refractivity contribution in [1.82, 2.24) is 5.32 Å². The summed E-state index contributed by atoms with van der Waals surface area (Å²) in [6.45, 7) is 3.14. The number of halogens is 1. The van der Waals surface area contributed by atoms with Crippen LogP contribution >= 0.6 is 15.9 Å². The Bertz CT molecular complexity index is 312. The third-order valence-electron chi connectivity index (χ3n) is 2.58. The van der Waals surface area contributed by atoms with Gasteiger partial charge in [-0.25, -0.2) is 0 Å². The van der Waals surface area contributed by atoms with Crippen LogP contribution < -0.4 is 11.1 Å². The van der Waals surface area contributed by atoms with Crippen molar-refractivity contribution < 1.29 is 0 Å². The van der Waals surface area contributed by atoms with Crippen molar-refractivity contribution in [2.24, 2.45) is 5.73 Å². The molecule has 1 unspecified atom stereocenters. The summed E-state index contributed by atoms with van der Waals surface area (Å²) in [6.07, 6.45) is 2.14. The third-order valence-corrected chi connectivity index (χ3v) is 3.08. The highest BCUT2D eigenvalue weighted by Crippen LogP contribution is 2.23. The fraction of sp³-hybridized carbons (Fsp3) is 0.500. The van der Waals surface area contributed by atoms with Gasteiger partial charge in [-0.1, -0.05) is 22.0 Å². The Morgan fingerprint density at radius 1 is 1.47 bits per heavy atom. The summed E-state index contributed by atoms with van der Waals surface area (Å²) >= 11 is 3.48. The maximum absolute atomic E-state index is 6.16. The van der Waals surface area contributed by atoms with E-state index in [0.717, 1.165) is 23.9 Å². The summed E-state index contributed by atoms with van der Waals surface area (Å²) in [5, 5.41) is 3.14. The first-order valence-electron chi connectivity index (χ1n) is 5.31. The van der Waals surface area contributed by atoms with Gasteiger partial charge in [0.1, 0.15) is 0 Å². The molecule has 15 heavy (non-hydrogen) atoms. The molecule has 0 bridgehead atoms. The number of nitrogens with two attached hydrogens (primary N) is 1. The Morgan fingerprint density at radius 2 is 2.20 bits per heavy atom. The molecule has 0 aliphatic carbocycles. The fourth-order valence-electron chi connectivity index (χ4n) is 1.67. The van der Waals surface area contributed by atoms with Crippen LogP contribution in [0.4, 0.5) is 0 Å². The normalized spacial score (nSPS) is 12.8. The van der Waals surface area contributed by atoms with Crippen LogP contribution in [-0.2, 0) is 0 Å². The van der Waals surface area contributed by atoms with E-state index in [1.165, 1.54) is 11.1 Å². The van der Waals surface area contributed by atoms with Crippen molar-refractivity contribution >= 4 is 15.9 Å². The lowest BCUT2D eigenvalue weighted by Crippen LogP contribution is -2.15. The van der Waals surface area contributed by atoms with E-state index in [2.05, 4.69) is 46.4 Å². The average Bonchev–Trinajstić information content (AvgIpc) is 2.22. The number of benzene rings is 1. The van der Waals surface area contributed by atoms with Gasteiger partial charge in [0.05, 0.1) is 0 Å². The molecule has 0 aliphatic rings. The standard InChI is InChI=1S/C12H19BrN2/c1-9-5-6-10(13)8-11(9)12(14)4-3-7-15-2/h5-6,8,12,15H,3-4,7,14H2,1-2H3. The molecule has 1 rings (SSSR count). The van der Waals surface area contributed by atoms with Gasteiger partial charge in [-0.15, -0.1) is 0 Å².